The fraction of sp³-hybridized carbons (Fsp3) is 1.00. The zero-order valence-corrected chi connectivity index (χ0v) is 10.3. The number of hydrogen-bond acceptors (Lipinski definition) is 4. The van der Waals surface area contributed by atoms with Gasteiger partial charge in [0.05, 0.1) is 11.9 Å². The maximum atomic E-state index is 11.0. The average Bonchev–Trinajstić information content (AvgIpc) is 2.92. The summed E-state index contributed by atoms with van der Waals surface area (Å²) in [6, 6.07) is -0.146. The van der Waals surface area contributed by atoms with Gasteiger partial charge in [-0.25, -0.2) is 8.42 Å². The maximum Gasteiger partial charge on any atom is 0.147 e. The maximum absolute atomic E-state index is 11.0. The van der Waals surface area contributed by atoms with E-state index in [0.717, 1.165) is 12.8 Å². The number of sulfone groups is 1. The first-order valence-electron chi connectivity index (χ1n) is 5.49. The normalized spacial score (nSPS) is 21.3. The lowest BCUT2D eigenvalue weighted by Gasteiger charge is -2.23. The highest BCUT2D eigenvalue weighted by atomic mass is 32.2. The number of hydrogen-bond donors (Lipinski definition) is 1. The molecule has 0 bridgehead atoms. The van der Waals surface area contributed by atoms with Crippen molar-refractivity contribution in [1.82, 2.24) is 0 Å². The molecule has 2 atom stereocenters. The highest BCUT2D eigenvalue weighted by Crippen LogP contribution is 2.36. The molecule has 0 aromatic rings. The molecule has 4 nitrogen and oxygen atoms in total. The van der Waals surface area contributed by atoms with Crippen LogP contribution in [0.25, 0.3) is 0 Å². The monoisotopic (exact) mass is 235 g/mol. The van der Waals surface area contributed by atoms with Gasteiger partial charge in [-0.3, -0.25) is 0 Å². The fourth-order valence-corrected chi connectivity index (χ4v) is 2.44. The van der Waals surface area contributed by atoms with Crippen LogP contribution >= 0.6 is 0 Å². The Morgan fingerprint density at radius 1 is 1.47 bits per heavy atom. The van der Waals surface area contributed by atoms with Gasteiger partial charge in [-0.15, -0.1) is 0 Å². The van der Waals surface area contributed by atoms with E-state index in [0.29, 0.717) is 18.9 Å². The van der Waals surface area contributed by atoms with Gasteiger partial charge < -0.3 is 10.5 Å². The molecule has 0 radical (unpaired) electrons. The van der Waals surface area contributed by atoms with Crippen LogP contribution in [0, 0.1) is 5.92 Å². The first-order valence-corrected chi connectivity index (χ1v) is 7.55. The summed E-state index contributed by atoms with van der Waals surface area (Å²) >= 11 is 0. The van der Waals surface area contributed by atoms with Crippen LogP contribution in [-0.4, -0.2) is 39.2 Å². The van der Waals surface area contributed by atoms with E-state index in [9.17, 15) is 8.42 Å². The molecule has 0 aromatic heterocycles. The van der Waals surface area contributed by atoms with Gasteiger partial charge in [0.2, 0.25) is 0 Å². The quantitative estimate of drug-likeness (QED) is 0.700. The molecule has 0 aliphatic heterocycles. The lowest BCUT2D eigenvalue weighted by molar-refractivity contribution is 0.0281. The van der Waals surface area contributed by atoms with Gasteiger partial charge >= 0.3 is 0 Å². The molecule has 2 N–H and O–H groups in total. The molecule has 0 spiro atoms. The van der Waals surface area contributed by atoms with E-state index in [1.807, 2.05) is 6.92 Å². The summed E-state index contributed by atoms with van der Waals surface area (Å²) in [5.41, 5.74) is 5.96. The van der Waals surface area contributed by atoms with Crippen LogP contribution in [0.5, 0.6) is 0 Å². The lowest BCUT2D eigenvalue weighted by Crippen LogP contribution is -2.39. The Hall–Kier alpha value is -0.130. The summed E-state index contributed by atoms with van der Waals surface area (Å²) in [7, 11) is -2.91. The van der Waals surface area contributed by atoms with Crippen LogP contribution in [-0.2, 0) is 14.6 Å². The molecular weight excluding hydrogens is 214 g/mol. The minimum atomic E-state index is -2.91. The van der Waals surface area contributed by atoms with E-state index in [1.54, 1.807) is 0 Å². The van der Waals surface area contributed by atoms with Gasteiger partial charge in [-0.2, -0.15) is 0 Å². The molecule has 90 valence electrons. The number of nitrogens with two attached hydrogens (primary N) is 1. The zero-order chi connectivity index (χ0) is 11.5. The van der Waals surface area contributed by atoms with Crippen molar-refractivity contribution in [2.75, 3.05) is 18.6 Å². The van der Waals surface area contributed by atoms with Gasteiger partial charge in [0.15, 0.2) is 0 Å². The smallest absolute Gasteiger partial charge is 0.147 e. The molecule has 5 heteroatoms. The molecule has 15 heavy (non-hydrogen) atoms. The van der Waals surface area contributed by atoms with Gasteiger partial charge in [-0.05, 0) is 32.1 Å². The summed E-state index contributed by atoms with van der Waals surface area (Å²) in [4.78, 5) is 0. The van der Waals surface area contributed by atoms with Crippen molar-refractivity contribution in [3.05, 3.63) is 0 Å². The third-order valence-electron chi connectivity index (χ3n) is 2.69. The van der Waals surface area contributed by atoms with Crippen molar-refractivity contribution in [2.24, 2.45) is 11.7 Å². The predicted octanol–water partition coefficient (Wildman–Crippen LogP) is 0.563. The second-order valence-electron chi connectivity index (χ2n) is 4.34. The fourth-order valence-electron chi connectivity index (χ4n) is 1.74. The molecule has 1 aliphatic carbocycles. The Bertz CT molecular complexity index is 285. The van der Waals surface area contributed by atoms with Crippen LogP contribution in [0.1, 0.15) is 26.2 Å². The average molecular weight is 235 g/mol. The second kappa shape index (κ2) is 5.27. The summed E-state index contributed by atoms with van der Waals surface area (Å²) in [6.07, 6.45) is 4.12. The Kier molecular flexibility index (Phi) is 4.55. The largest absolute Gasteiger partial charge is 0.377 e. The molecule has 0 heterocycles. The highest BCUT2D eigenvalue weighted by Gasteiger charge is 2.35. The van der Waals surface area contributed by atoms with Crippen molar-refractivity contribution in [3.8, 4) is 0 Å². The Morgan fingerprint density at radius 3 is 2.47 bits per heavy atom. The van der Waals surface area contributed by atoms with Crippen LogP contribution in [0.15, 0.2) is 0 Å². The van der Waals surface area contributed by atoms with Crippen molar-refractivity contribution >= 4 is 9.84 Å². The predicted molar refractivity (Wildman–Crippen MR) is 60.4 cm³/mol. The summed E-state index contributed by atoms with van der Waals surface area (Å²) in [5.74, 6) is 0.712. The van der Waals surface area contributed by atoms with Crippen LogP contribution in [0.4, 0.5) is 0 Å². The van der Waals surface area contributed by atoms with Crippen LogP contribution < -0.4 is 5.73 Å². The second-order valence-corrected chi connectivity index (χ2v) is 6.60. The third kappa shape index (κ3) is 4.95. The molecule has 2 unspecified atom stereocenters. The van der Waals surface area contributed by atoms with Crippen LogP contribution in [0.3, 0.4) is 0 Å². The molecule has 1 aliphatic rings. The zero-order valence-electron chi connectivity index (χ0n) is 9.48. The van der Waals surface area contributed by atoms with Crippen LogP contribution in [0.2, 0.25) is 0 Å². The number of rotatable bonds is 7. The SMILES string of the molecule is CCOC(C(N)CCS(C)(=O)=O)C1CC1. The Labute approximate surface area is 92.1 Å². The number of ether oxygens (including phenoxy) is 1. The molecule has 1 rings (SSSR count). The van der Waals surface area contributed by atoms with E-state index < -0.39 is 9.84 Å². The molecule has 1 fully saturated rings. The third-order valence-corrected chi connectivity index (χ3v) is 3.67. The summed E-state index contributed by atoms with van der Waals surface area (Å²) < 4.78 is 27.6. The van der Waals surface area contributed by atoms with E-state index in [1.165, 1.54) is 6.26 Å². The van der Waals surface area contributed by atoms with Gasteiger partial charge in [-0.1, -0.05) is 0 Å². The Balaban J connectivity index is 2.38. The van der Waals surface area contributed by atoms with E-state index in [2.05, 4.69) is 0 Å². The van der Waals surface area contributed by atoms with Crippen molar-refractivity contribution in [2.45, 2.75) is 38.3 Å². The van der Waals surface area contributed by atoms with Gasteiger partial charge in [0.25, 0.3) is 0 Å². The molecule has 0 aromatic carbocycles. The minimum absolute atomic E-state index is 0.0525. The van der Waals surface area contributed by atoms with Crippen molar-refractivity contribution in [3.63, 3.8) is 0 Å². The van der Waals surface area contributed by atoms with E-state index in [4.69, 9.17) is 10.5 Å². The summed E-state index contributed by atoms with van der Waals surface area (Å²) in [6.45, 7) is 2.59. The lowest BCUT2D eigenvalue weighted by atomic mass is 10.1. The topological polar surface area (TPSA) is 69.4 Å². The van der Waals surface area contributed by atoms with Gasteiger partial charge in [0, 0.05) is 18.9 Å². The molecule has 0 saturated heterocycles. The first kappa shape index (κ1) is 12.9. The molecule has 1 saturated carbocycles. The van der Waals surface area contributed by atoms with Crippen molar-refractivity contribution in [1.29, 1.82) is 0 Å². The van der Waals surface area contributed by atoms with Gasteiger partial charge in [0.1, 0.15) is 9.84 Å². The first-order chi connectivity index (χ1) is 6.94. The molecular formula is C10H21NO3S. The minimum Gasteiger partial charge on any atom is -0.377 e. The van der Waals surface area contributed by atoms with E-state index >= 15 is 0 Å². The highest BCUT2D eigenvalue weighted by molar-refractivity contribution is 7.90. The van der Waals surface area contributed by atoms with Crippen molar-refractivity contribution < 1.29 is 13.2 Å². The standard InChI is InChI=1S/C10H21NO3S/c1-3-14-10(8-4-5-8)9(11)6-7-15(2,12)13/h8-10H,3-7,11H2,1-2H3. The van der Waals surface area contributed by atoms with E-state index in [-0.39, 0.29) is 17.9 Å². The Morgan fingerprint density at radius 2 is 2.07 bits per heavy atom. The summed E-state index contributed by atoms with van der Waals surface area (Å²) in [5, 5.41) is 0. The molecule has 0 amide bonds.